The zero-order chi connectivity index (χ0) is 12.0. The number of piperidine rings is 1. The summed E-state index contributed by atoms with van der Waals surface area (Å²) in [6, 6.07) is 0. The number of carbonyl (C=O) groups excluding carboxylic acids is 1. The molecule has 0 aromatic carbocycles. The molecule has 0 aliphatic carbocycles. The van der Waals surface area contributed by atoms with Gasteiger partial charge in [-0.25, -0.2) is 4.79 Å². The van der Waals surface area contributed by atoms with Crippen molar-refractivity contribution in [2.45, 2.75) is 25.4 Å². The Morgan fingerprint density at radius 3 is 3.00 bits per heavy atom. The molecular weight excluding hydrogens is 212 g/mol. The molecule has 1 aliphatic rings. The number of likely N-dealkylation sites (N-methyl/N-ethyl adjacent to an activating group) is 1. The Kier molecular flexibility index (Phi) is 4.98. The normalized spacial score (nSPS) is 26.4. The number of methoxy groups -OCH3 is 1. The maximum Gasteiger partial charge on any atom is 0.527 e. The minimum atomic E-state index is -0.831. The number of hydrogen-bond acceptors (Lipinski definition) is 6. The number of hydrogen-bond donors (Lipinski definition) is 2. The lowest BCUT2D eigenvalue weighted by Gasteiger charge is -2.37. The van der Waals surface area contributed by atoms with Gasteiger partial charge in [-0.05, 0) is 19.4 Å². The fourth-order valence-electron chi connectivity index (χ4n) is 1.79. The second-order valence-electron chi connectivity index (χ2n) is 4.02. The van der Waals surface area contributed by atoms with Gasteiger partial charge in [0, 0.05) is 13.1 Å². The fourth-order valence-corrected chi connectivity index (χ4v) is 1.79. The van der Waals surface area contributed by atoms with Crippen LogP contribution >= 0.6 is 0 Å². The topological polar surface area (TPSA) is 71.0 Å². The first-order chi connectivity index (χ1) is 7.59. The molecule has 16 heavy (non-hydrogen) atoms. The van der Waals surface area contributed by atoms with Crippen molar-refractivity contribution >= 4 is 6.16 Å². The van der Waals surface area contributed by atoms with Gasteiger partial charge in [-0.2, -0.15) is 0 Å². The summed E-state index contributed by atoms with van der Waals surface area (Å²) in [5.41, 5.74) is -0.831. The van der Waals surface area contributed by atoms with Crippen LogP contribution in [0, 0.1) is 0 Å². The molecule has 0 spiro atoms. The molecule has 1 rings (SSSR count). The van der Waals surface area contributed by atoms with Crippen LogP contribution in [0.15, 0.2) is 0 Å². The molecule has 6 nitrogen and oxygen atoms in total. The third-order valence-electron chi connectivity index (χ3n) is 2.59. The molecule has 1 saturated heterocycles. The molecule has 1 aliphatic heterocycles. The summed E-state index contributed by atoms with van der Waals surface area (Å²) in [4.78, 5) is 15.8. The van der Waals surface area contributed by atoms with Crippen molar-refractivity contribution in [3.8, 4) is 0 Å². The second-order valence-corrected chi connectivity index (χ2v) is 4.02. The lowest BCUT2D eigenvalue weighted by molar-refractivity contribution is -0.178. The van der Waals surface area contributed by atoms with Crippen LogP contribution in [0.4, 0.5) is 4.79 Å². The van der Waals surface area contributed by atoms with Crippen molar-refractivity contribution in [2.75, 3.05) is 33.3 Å². The Balaban J connectivity index is 2.42. The van der Waals surface area contributed by atoms with Crippen molar-refractivity contribution in [1.29, 1.82) is 0 Å². The Hall–Kier alpha value is -0.850. The van der Waals surface area contributed by atoms with Crippen LogP contribution in [0.3, 0.4) is 0 Å². The van der Waals surface area contributed by atoms with Crippen molar-refractivity contribution in [1.82, 2.24) is 10.4 Å². The molecule has 1 heterocycles. The van der Waals surface area contributed by atoms with E-state index in [-0.39, 0.29) is 0 Å². The lowest BCUT2D eigenvalue weighted by Crippen LogP contribution is -2.53. The number of hydroxylamine groups is 2. The predicted molar refractivity (Wildman–Crippen MR) is 57.8 cm³/mol. The quantitative estimate of drug-likeness (QED) is 0.671. The Morgan fingerprint density at radius 1 is 1.62 bits per heavy atom. The molecule has 0 radical (unpaired) electrons. The molecule has 0 amide bonds. The molecule has 0 saturated carbocycles. The van der Waals surface area contributed by atoms with E-state index in [1.165, 1.54) is 12.2 Å². The summed E-state index contributed by atoms with van der Waals surface area (Å²) in [7, 11) is 1.26. The van der Waals surface area contributed by atoms with Crippen LogP contribution in [-0.4, -0.2) is 55.2 Å². The molecule has 0 aromatic rings. The highest BCUT2D eigenvalue weighted by Crippen LogP contribution is 2.20. The molecule has 94 valence electrons. The maximum atomic E-state index is 10.9. The van der Waals surface area contributed by atoms with Gasteiger partial charge in [0.2, 0.25) is 0 Å². The number of rotatable bonds is 4. The molecule has 1 fully saturated rings. The fraction of sp³-hybridized carbons (Fsp3) is 0.900. The van der Waals surface area contributed by atoms with Gasteiger partial charge >= 0.3 is 6.16 Å². The highest BCUT2D eigenvalue weighted by atomic mass is 16.8. The number of carbonyl (C=O) groups is 1. The monoisotopic (exact) mass is 232 g/mol. The standard InChI is InChI=1S/C10H20N2O4/c1-3-11-7-10(14)5-4-6-12(8-10)16-9(13)15-2/h11,14H,3-8H2,1-2H3. The summed E-state index contributed by atoms with van der Waals surface area (Å²) in [6.45, 7) is 4.23. The zero-order valence-corrected chi connectivity index (χ0v) is 9.86. The first-order valence-electron chi connectivity index (χ1n) is 5.53. The SMILES string of the molecule is CCNCC1(O)CCCN(OC(=O)OC)C1. The highest BCUT2D eigenvalue weighted by molar-refractivity contribution is 5.59. The van der Waals surface area contributed by atoms with E-state index in [1.807, 2.05) is 6.92 Å². The molecular formula is C10H20N2O4. The largest absolute Gasteiger partial charge is 0.527 e. The van der Waals surface area contributed by atoms with E-state index in [9.17, 15) is 9.90 Å². The van der Waals surface area contributed by atoms with Crippen LogP contribution < -0.4 is 5.32 Å². The number of aliphatic hydroxyl groups is 1. The smallest absolute Gasteiger partial charge is 0.436 e. The Bertz CT molecular complexity index is 237. The summed E-state index contributed by atoms with van der Waals surface area (Å²) < 4.78 is 4.40. The van der Waals surface area contributed by atoms with Crippen LogP contribution in [0.25, 0.3) is 0 Å². The number of ether oxygens (including phenoxy) is 1. The minimum absolute atomic E-state index is 0.315. The molecule has 0 aromatic heterocycles. The molecule has 6 heteroatoms. The number of β-amino-alcohol motifs (C(OH)–C–C–N with tert-alkyl or cyclic N) is 1. The van der Waals surface area contributed by atoms with Gasteiger partial charge in [-0.3, -0.25) is 0 Å². The van der Waals surface area contributed by atoms with Crippen LogP contribution in [-0.2, 0) is 9.57 Å². The number of nitrogens with one attached hydrogen (secondary N) is 1. The van der Waals surface area contributed by atoms with Crippen molar-refractivity contribution in [3.63, 3.8) is 0 Å². The van der Waals surface area contributed by atoms with Crippen molar-refractivity contribution < 1.29 is 19.5 Å². The van der Waals surface area contributed by atoms with E-state index in [0.717, 1.165) is 13.0 Å². The zero-order valence-electron chi connectivity index (χ0n) is 9.86. The second kappa shape index (κ2) is 6.03. The highest BCUT2D eigenvalue weighted by Gasteiger charge is 2.34. The third-order valence-corrected chi connectivity index (χ3v) is 2.59. The summed E-state index contributed by atoms with van der Waals surface area (Å²) in [6.07, 6.45) is 0.757. The van der Waals surface area contributed by atoms with Crippen LogP contribution in [0.2, 0.25) is 0 Å². The molecule has 0 bridgehead atoms. The van der Waals surface area contributed by atoms with E-state index in [1.54, 1.807) is 0 Å². The summed E-state index contributed by atoms with van der Waals surface area (Å²) in [5, 5.41) is 14.8. The molecule has 1 atom stereocenters. The first-order valence-corrected chi connectivity index (χ1v) is 5.53. The van der Waals surface area contributed by atoms with Gasteiger partial charge in [0.1, 0.15) is 0 Å². The predicted octanol–water partition coefficient (Wildman–Crippen LogP) is 0.121. The Morgan fingerprint density at radius 2 is 2.38 bits per heavy atom. The van der Waals surface area contributed by atoms with E-state index >= 15 is 0 Å². The van der Waals surface area contributed by atoms with Crippen LogP contribution in [0.5, 0.6) is 0 Å². The van der Waals surface area contributed by atoms with Gasteiger partial charge in [-0.1, -0.05) is 6.92 Å². The average molecular weight is 232 g/mol. The molecule has 1 unspecified atom stereocenters. The van der Waals surface area contributed by atoms with Gasteiger partial charge in [-0.15, -0.1) is 5.06 Å². The van der Waals surface area contributed by atoms with Gasteiger partial charge < -0.3 is 20.0 Å². The van der Waals surface area contributed by atoms with Crippen LogP contribution in [0.1, 0.15) is 19.8 Å². The van der Waals surface area contributed by atoms with Crippen molar-refractivity contribution in [2.24, 2.45) is 0 Å². The van der Waals surface area contributed by atoms with E-state index in [2.05, 4.69) is 10.1 Å². The lowest BCUT2D eigenvalue weighted by atomic mass is 9.94. The summed E-state index contributed by atoms with van der Waals surface area (Å²) in [5.74, 6) is 0. The first kappa shape index (κ1) is 13.2. The van der Waals surface area contributed by atoms with E-state index in [4.69, 9.17) is 4.84 Å². The number of nitrogens with zero attached hydrogens (tertiary/aromatic N) is 1. The minimum Gasteiger partial charge on any atom is -0.436 e. The van der Waals surface area contributed by atoms with Gasteiger partial charge in [0.05, 0.1) is 19.3 Å². The van der Waals surface area contributed by atoms with Crippen molar-refractivity contribution in [3.05, 3.63) is 0 Å². The third kappa shape index (κ3) is 3.96. The van der Waals surface area contributed by atoms with E-state index < -0.39 is 11.8 Å². The Labute approximate surface area is 95.5 Å². The van der Waals surface area contributed by atoms with E-state index in [0.29, 0.717) is 26.1 Å². The van der Waals surface area contributed by atoms with Gasteiger partial charge in [0.15, 0.2) is 0 Å². The average Bonchev–Trinajstić information content (AvgIpc) is 2.26. The summed E-state index contributed by atoms with van der Waals surface area (Å²) >= 11 is 0. The molecule has 2 N–H and O–H groups in total. The maximum absolute atomic E-state index is 10.9. The van der Waals surface area contributed by atoms with Gasteiger partial charge in [0.25, 0.3) is 0 Å².